The molecule has 2 rings (SSSR count). The highest BCUT2D eigenvalue weighted by atomic mass is 32.3. The summed E-state index contributed by atoms with van der Waals surface area (Å²) in [6.07, 6.45) is 1.48. The number of hydrogen-bond donors (Lipinski definition) is 2. The fourth-order valence-electron chi connectivity index (χ4n) is 1.46. The van der Waals surface area contributed by atoms with Gasteiger partial charge in [0.2, 0.25) is 0 Å². The third kappa shape index (κ3) is 3.20. The van der Waals surface area contributed by atoms with Crippen LogP contribution < -0.4 is 0 Å². The molecular weight excluding hydrogens is 246 g/mol. The molecule has 0 heterocycles. The molecule has 0 saturated carbocycles. The van der Waals surface area contributed by atoms with Gasteiger partial charge in [-0.2, -0.15) is 4.40 Å². The lowest BCUT2D eigenvalue weighted by Crippen LogP contribution is -1.95. The Labute approximate surface area is 108 Å². The first kappa shape index (κ1) is 12.8. The summed E-state index contributed by atoms with van der Waals surface area (Å²) in [4.78, 5) is 0.431. The van der Waals surface area contributed by atoms with Gasteiger partial charge >= 0.3 is 0 Å². The Morgan fingerprint density at radius 2 is 1.56 bits per heavy atom. The molecule has 0 amide bonds. The van der Waals surface area contributed by atoms with E-state index >= 15 is 0 Å². The Bertz CT molecular complexity index is 535. The molecule has 4 heteroatoms. The van der Waals surface area contributed by atoms with Gasteiger partial charge in [0.05, 0.1) is 11.1 Å². The largest absolute Gasteiger partial charge is 0.276 e. The number of nitrogens with zero attached hydrogens (tertiary/aromatic N) is 1. The van der Waals surface area contributed by atoms with Gasteiger partial charge in [0.25, 0.3) is 0 Å². The summed E-state index contributed by atoms with van der Waals surface area (Å²) in [6, 6.07) is 16.4. The normalized spacial score (nSPS) is 12.8. The molecule has 94 valence electrons. The molecule has 0 saturated heterocycles. The molecular formula is C14H15NO2S. The van der Waals surface area contributed by atoms with Gasteiger partial charge in [-0.25, -0.2) is 0 Å². The lowest BCUT2D eigenvalue weighted by atomic mass is 10.2. The highest BCUT2D eigenvalue weighted by molar-refractivity contribution is 8.23. The minimum Gasteiger partial charge on any atom is -0.276 e. The van der Waals surface area contributed by atoms with Crippen molar-refractivity contribution in [2.24, 2.45) is 4.40 Å². The topological polar surface area (TPSA) is 52.8 Å². The maximum atomic E-state index is 9.98. The maximum absolute atomic E-state index is 9.98. The second kappa shape index (κ2) is 5.35. The van der Waals surface area contributed by atoms with E-state index in [1.165, 1.54) is 6.21 Å². The van der Waals surface area contributed by atoms with E-state index in [4.69, 9.17) is 0 Å². The van der Waals surface area contributed by atoms with Crippen LogP contribution in [0.25, 0.3) is 0 Å². The van der Waals surface area contributed by atoms with Crippen LogP contribution in [-0.4, -0.2) is 15.3 Å². The Kier molecular flexibility index (Phi) is 3.81. The molecule has 0 aliphatic rings. The third-order valence-electron chi connectivity index (χ3n) is 2.49. The minimum atomic E-state index is -3.11. The van der Waals surface area contributed by atoms with Gasteiger partial charge in [0.15, 0.2) is 0 Å². The first-order valence-electron chi connectivity index (χ1n) is 5.53. The fourth-order valence-corrected chi connectivity index (χ4v) is 2.35. The summed E-state index contributed by atoms with van der Waals surface area (Å²) in [7, 11) is -3.11. The second-order valence-corrected chi connectivity index (χ2v) is 5.70. The van der Waals surface area contributed by atoms with Crippen molar-refractivity contribution in [3.63, 3.8) is 0 Å². The van der Waals surface area contributed by atoms with Crippen molar-refractivity contribution in [1.29, 1.82) is 0 Å². The second-order valence-electron chi connectivity index (χ2n) is 3.98. The van der Waals surface area contributed by atoms with Gasteiger partial charge in [-0.15, -0.1) is 0 Å². The van der Waals surface area contributed by atoms with Crippen LogP contribution in [0, 0.1) is 6.92 Å². The highest BCUT2D eigenvalue weighted by Gasteiger charge is 2.12. The van der Waals surface area contributed by atoms with E-state index in [1.54, 1.807) is 12.1 Å². The van der Waals surface area contributed by atoms with E-state index in [1.807, 2.05) is 49.4 Å². The van der Waals surface area contributed by atoms with Crippen LogP contribution in [0.15, 0.2) is 63.9 Å². The predicted molar refractivity (Wildman–Crippen MR) is 76.3 cm³/mol. The summed E-state index contributed by atoms with van der Waals surface area (Å²) >= 11 is 0. The van der Waals surface area contributed by atoms with Crippen molar-refractivity contribution in [2.45, 2.75) is 11.8 Å². The molecule has 0 radical (unpaired) electrons. The molecule has 0 fully saturated rings. The number of hydrogen-bond acceptors (Lipinski definition) is 3. The van der Waals surface area contributed by atoms with Gasteiger partial charge in [-0.1, -0.05) is 58.8 Å². The van der Waals surface area contributed by atoms with Crippen molar-refractivity contribution in [1.82, 2.24) is 0 Å². The van der Waals surface area contributed by atoms with Crippen molar-refractivity contribution in [3.05, 3.63) is 65.7 Å². The maximum Gasteiger partial charge on any atom is 0.0823 e. The molecule has 0 bridgehead atoms. The van der Waals surface area contributed by atoms with Crippen LogP contribution in [0.4, 0.5) is 0 Å². The molecule has 0 aliphatic carbocycles. The average Bonchev–Trinajstić information content (AvgIpc) is 2.38. The number of rotatable bonds is 3. The van der Waals surface area contributed by atoms with Gasteiger partial charge < -0.3 is 0 Å². The van der Waals surface area contributed by atoms with Crippen molar-refractivity contribution >= 4 is 17.0 Å². The lowest BCUT2D eigenvalue weighted by molar-refractivity contribution is 0.489. The molecule has 18 heavy (non-hydrogen) atoms. The van der Waals surface area contributed by atoms with E-state index in [0.717, 1.165) is 11.1 Å². The summed E-state index contributed by atoms with van der Waals surface area (Å²) < 4.78 is 23.9. The van der Waals surface area contributed by atoms with Crippen LogP contribution >= 0.6 is 10.8 Å². The van der Waals surface area contributed by atoms with E-state index < -0.39 is 10.8 Å². The molecule has 2 aromatic carbocycles. The zero-order chi connectivity index (χ0) is 13.0. The average molecular weight is 261 g/mol. The van der Waals surface area contributed by atoms with Crippen LogP contribution in [0.5, 0.6) is 0 Å². The first-order valence-corrected chi connectivity index (χ1v) is 7.03. The summed E-state index contributed by atoms with van der Waals surface area (Å²) in [5.74, 6) is 0. The van der Waals surface area contributed by atoms with Crippen LogP contribution in [0.2, 0.25) is 0 Å². The first-order chi connectivity index (χ1) is 8.58. The summed E-state index contributed by atoms with van der Waals surface area (Å²) in [5.41, 5.74) is 1.91. The quantitative estimate of drug-likeness (QED) is 0.816. The van der Waals surface area contributed by atoms with Crippen LogP contribution in [0.3, 0.4) is 0 Å². The van der Waals surface area contributed by atoms with Crippen LogP contribution in [-0.2, 0) is 0 Å². The Morgan fingerprint density at radius 3 is 2.17 bits per heavy atom. The van der Waals surface area contributed by atoms with Crippen molar-refractivity contribution < 1.29 is 9.11 Å². The molecule has 0 aliphatic heterocycles. The highest BCUT2D eigenvalue weighted by Crippen LogP contribution is 2.49. The minimum absolute atomic E-state index is 0.431. The lowest BCUT2D eigenvalue weighted by Gasteiger charge is -2.26. The molecule has 2 N–H and O–H groups in total. The zero-order valence-electron chi connectivity index (χ0n) is 10.0. The van der Waals surface area contributed by atoms with Gasteiger partial charge in [0, 0.05) is 0 Å². The zero-order valence-corrected chi connectivity index (χ0v) is 10.8. The van der Waals surface area contributed by atoms with E-state index in [2.05, 4.69) is 4.40 Å². The standard InChI is InChI=1S/C14H15NO2S/c1-12-7-9-14(10-8-12)18(16,17)15-11-13-5-3-2-4-6-13/h2-11,16-17H,1H3. The number of aryl methyl sites for hydroxylation is 1. The van der Waals surface area contributed by atoms with E-state index in [0.29, 0.717) is 4.90 Å². The Morgan fingerprint density at radius 1 is 0.944 bits per heavy atom. The van der Waals surface area contributed by atoms with Crippen LogP contribution in [0.1, 0.15) is 11.1 Å². The molecule has 0 atom stereocenters. The summed E-state index contributed by atoms with van der Waals surface area (Å²) in [5, 5.41) is 0. The van der Waals surface area contributed by atoms with Crippen molar-refractivity contribution in [3.8, 4) is 0 Å². The van der Waals surface area contributed by atoms with Gasteiger partial charge in [-0.3, -0.25) is 9.11 Å². The molecule has 2 aromatic rings. The monoisotopic (exact) mass is 261 g/mol. The van der Waals surface area contributed by atoms with E-state index in [-0.39, 0.29) is 0 Å². The Balaban J connectivity index is 2.21. The molecule has 3 nitrogen and oxygen atoms in total. The summed E-state index contributed by atoms with van der Waals surface area (Å²) in [6.45, 7) is 1.95. The molecule has 0 spiro atoms. The smallest absolute Gasteiger partial charge is 0.0823 e. The number of benzene rings is 2. The Hall–Kier alpha value is -1.62. The molecule has 0 aromatic heterocycles. The van der Waals surface area contributed by atoms with E-state index in [9.17, 15) is 9.11 Å². The fraction of sp³-hybridized carbons (Fsp3) is 0.0714. The van der Waals surface area contributed by atoms with Gasteiger partial charge in [0.1, 0.15) is 0 Å². The predicted octanol–water partition coefficient (Wildman–Crippen LogP) is 4.14. The van der Waals surface area contributed by atoms with Gasteiger partial charge in [-0.05, 0) is 24.6 Å². The SMILES string of the molecule is Cc1ccc(S(O)(O)N=Cc2ccccc2)cc1. The van der Waals surface area contributed by atoms with Crippen molar-refractivity contribution in [2.75, 3.05) is 0 Å². The molecule has 0 unspecified atom stereocenters. The third-order valence-corrected chi connectivity index (χ3v) is 3.79.